The lowest BCUT2D eigenvalue weighted by Crippen LogP contribution is -2.26. The number of nitro groups is 1. The highest BCUT2D eigenvalue weighted by Gasteiger charge is 2.24. The number of aryl methyl sites for hydroxylation is 2. The van der Waals surface area contributed by atoms with Gasteiger partial charge in [0.2, 0.25) is 0 Å². The first-order valence-electron chi connectivity index (χ1n) is 6.64. The molecule has 8 heteroatoms. The highest BCUT2D eigenvalue weighted by atomic mass is 35.5. The molecular formula is C15H15ClN2O4S. The molecule has 0 aliphatic carbocycles. The fourth-order valence-corrected chi connectivity index (χ4v) is 3.40. The SMILES string of the molecule is Cc1ccc(N(C)S(=O)(=O)c2ccc(C)c([N+](=O)[O-])c2)cc1Cl. The zero-order valence-electron chi connectivity index (χ0n) is 12.8. The third kappa shape index (κ3) is 3.30. The third-order valence-corrected chi connectivity index (χ3v) is 5.74. The minimum Gasteiger partial charge on any atom is -0.269 e. The number of nitro benzene ring substituents is 1. The second-order valence-electron chi connectivity index (χ2n) is 5.11. The zero-order valence-corrected chi connectivity index (χ0v) is 14.4. The van der Waals surface area contributed by atoms with Gasteiger partial charge in [0.15, 0.2) is 0 Å². The van der Waals surface area contributed by atoms with E-state index in [1.165, 1.54) is 25.2 Å². The number of hydrogen-bond acceptors (Lipinski definition) is 4. The number of benzene rings is 2. The van der Waals surface area contributed by atoms with Crippen LogP contribution in [-0.2, 0) is 10.0 Å². The largest absolute Gasteiger partial charge is 0.273 e. The number of nitrogens with zero attached hydrogens (tertiary/aromatic N) is 2. The predicted octanol–water partition coefficient (Wildman–Crippen LogP) is 3.69. The first-order valence-corrected chi connectivity index (χ1v) is 8.46. The van der Waals surface area contributed by atoms with Crippen LogP contribution in [0.3, 0.4) is 0 Å². The van der Waals surface area contributed by atoms with E-state index in [4.69, 9.17) is 11.6 Å². The van der Waals surface area contributed by atoms with Gasteiger partial charge in [0, 0.05) is 23.7 Å². The molecule has 0 fully saturated rings. The quantitative estimate of drug-likeness (QED) is 0.619. The lowest BCUT2D eigenvalue weighted by molar-refractivity contribution is -0.385. The van der Waals surface area contributed by atoms with Crippen LogP contribution in [0.2, 0.25) is 5.02 Å². The van der Waals surface area contributed by atoms with E-state index < -0.39 is 14.9 Å². The number of sulfonamides is 1. The molecule has 2 rings (SSSR count). The summed E-state index contributed by atoms with van der Waals surface area (Å²) < 4.78 is 26.4. The Morgan fingerprint density at radius 2 is 1.70 bits per heavy atom. The Bertz CT molecular complexity index is 881. The van der Waals surface area contributed by atoms with Crippen molar-refractivity contribution in [2.75, 3.05) is 11.4 Å². The van der Waals surface area contributed by atoms with Crippen LogP contribution < -0.4 is 4.31 Å². The maximum Gasteiger partial charge on any atom is 0.273 e. The Balaban J connectivity index is 2.51. The molecule has 0 N–H and O–H groups in total. The Labute approximate surface area is 139 Å². The molecule has 0 spiro atoms. The highest BCUT2D eigenvalue weighted by Crippen LogP contribution is 2.29. The van der Waals surface area contributed by atoms with Crippen LogP contribution in [0.4, 0.5) is 11.4 Å². The van der Waals surface area contributed by atoms with Crippen LogP contribution >= 0.6 is 11.6 Å². The van der Waals surface area contributed by atoms with Gasteiger partial charge in [-0.2, -0.15) is 0 Å². The minimum absolute atomic E-state index is 0.144. The molecule has 0 saturated carbocycles. The summed E-state index contributed by atoms with van der Waals surface area (Å²) in [6.45, 7) is 3.36. The molecule has 0 bridgehead atoms. The van der Waals surface area contributed by atoms with Crippen molar-refractivity contribution in [3.63, 3.8) is 0 Å². The second-order valence-corrected chi connectivity index (χ2v) is 7.49. The predicted molar refractivity (Wildman–Crippen MR) is 89.6 cm³/mol. The summed E-state index contributed by atoms with van der Waals surface area (Å²) >= 11 is 6.03. The summed E-state index contributed by atoms with van der Waals surface area (Å²) in [7, 11) is -2.55. The van der Waals surface area contributed by atoms with Crippen molar-refractivity contribution in [2.45, 2.75) is 18.7 Å². The summed E-state index contributed by atoms with van der Waals surface area (Å²) in [5.41, 5.74) is 1.37. The molecule has 0 heterocycles. The van der Waals surface area contributed by atoms with Gasteiger partial charge in [0.1, 0.15) is 0 Å². The molecule has 122 valence electrons. The normalized spacial score (nSPS) is 11.3. The van der Waals surface area contributed by atoms with Crippen molar-refractivity contribution >= 4 is 33.0 Å². The highest BCUT2D eigenvalue weighted by molar-refractivity contribution is 7.92. The van der Waals surface area contributed by atoms with Crippen molar-refractivity contribution < 1.29 is 13.3 Å². The van der Waals surface area contributed by atoms with E-state index in [0.29, 0.717) is 16.3 Å². The zero-order chi connectivity index (χ0) is 17.4. The molecule has 0 aromatic heterocycles. The smallest absolute Gasteiger partial charge is 0.269 e. The van der Waals surface area contributed by atoms with Crippen LogP contribution in [0, 0.1) is 24.0 Å². The van der Waals surface area contributed by atoms with E-state index >= 15 is 0 Å². The number of anilines is 1. The first kappa shape index (κ1) is 17.2. The van der Waals surface area contributed by atoms with Crippen LogP contribution in [0.15, 0.2) is 41.3 Å². The maximum absolute atomic E-state index is 12.7. The van der Waals surface area contributed by atoms with Crippen LogP contribution in [0.1, 0.15) is 11.1 Å². The van der Waals surface area contributed by atoms with E-state index in [1.807, 2.05) is 6.92 Å². The van der Waals surface area contributed by atoms with Crippen molar-refractivity contribution in [3.8, 4) is 0 Å². The monoisotopic (exact) mass is 354 g/mol. The van der Waals surface area contributed by atoms with Gasteiger partial charge in [-0.15, -0.1) is 0 Å². The molecule has 0 aliphatic rings. The summed E-state index contributed by atoms with van der Waals surface area (Å²) in [6, 6.07) is 8.71. The van der Waals surface area contributed by atoms with E-state index in [1.54, 1.807) is 19.1 Å². The summed E-state index contributed by atoms with van der Waals surface area (Å²) in [5.74, 6) is 0. The summed E-state index contributed by atoms with van der Waals surface area (Å²) in [5, 5.41) is 11.4. The first-order chi connectivity index (χ1) is 10.6. The van der Waals surface area contributed by atoms with Gasteiger partial charge in [-0.1, -0.05) is 23.7 Å². The number of rotatable bonds is 4. The average molecular weight is 355 g/mol. The Hall–Kier alpha value is -2.12. The van der Waals surface area contributed by atoms with Crippen molar-refractivity contribution in [1.82, 2.24) is 0 Å². The fourth-order valence-electron chi connectivity index (χ4n) is 2.02. The van der Waals surface area contributed by atoms with Gasteiger partial charge in [0.25, 0.3) is 15.7 Å². The molecule has 0 aliphatic heterocycles. The lowest BCUT2D eigenvalue weighted by atomic mass is 10.2. The fraction of sp³-hybridized carbons (Fsp3) is 0.200. The van der Waals surface area contributed by atoms with Gasteiger partial charge >= 0.3 is 0 Å². The van der Waals surface area contributed by atoms with Gasteiger partial charge in [-0.3, -0.25) is 14.4 Å². The van der Waals surface area contributed by atoms with E-state index in [0.717, 1.165) is 15.9 Å². The molecule has 6 nitrogen and oxygen atoms in total. The van der Waals surface area contributed by atoms with Crippen molar-refractivity contribution in [3.05, 3.63) is 62.7 Å². The lowest BCUT2D eigenvalue weighted by Gasteiger charge is -2.20. The van der Waals surface area contributed by atoms with Gasteiger partial charge < -0.3 is 0 Å². The van der Waals surface area contributed by atoms with Crippen LogP contribution in [-0.4, -0.2) is 20.4 Å². The number of hydrogen-bond donors (Lipinski definition) is 0. The molecule has 0 unspecified atom stereocenters. The van der Waals surface area contributed by atoms with E-state index in [9.17, 15) is 18.5 Å². The molecule has 0 amide bonds. The minimum atomic E-state index is -3.92. The van der Waals surface area contributed by atoms with Gasteiger partial charge in [-0.05, 0) is 37.6 Å². The Morgan fingerprint density at radius 3 is 2.26 bits per heavy atom. The van der Waals surface area contributed by atoms with E-state index in [2.05, 4.69) is 0 Å². The summed E-state index contributed by atoms with van der Waals surface area (Å²) in [6.07, 6.45) is 0. The maximum atomic E-state index is 12.7. The molecule has 0 saturated heterocycles. The molecular weight excluding hydrogens is 340 g/mol. The third-order valence-electron chi connectivity index (χ3n) is 3.55. The Morgan fingerprint density at radius 1 is 1.09 bits per heavy atom. The molecule has 0 radical (unpaired) electrons. The molecule has 0 atom stereocenters. The van der Waals surface area contributed by atoms with Crippen molar-refractivity contribution in [2.24, 2.45) is 0 Å². The average Bonchev–Trinajstić information content (AvgIpc) is 2.49. The standard InChI is InChI=1S/C15H15ClN2O4S/c1-10-4-6-12(8-14(10)16)17(3)23(21,22)13-7-5-11(2)15(9-13)18(19)20/h4-9H,1-3H3. The van der Waals surface area contributed by atoms with E-state index in [-0.39, 0.29) is 10.6 Å². The second kappa shape index (κ2) is 6.17. The molecule has 2 aromatic rings. The van der Waals surface area contributed by atoms with Crippen LogP contribution in [0.25, 0.3) is 0 Å². The Kier molecular flexibility index (Phi) is 4.63. The topological polar surface area (TPSA) is 80.5 Å². The molecule has 23 heavy (non-hydrogen) atoms. The van der Waals surface area contributed by atoms with Gasteiger partial charge in [0.05, 0.1) is 15.5 Å². The van der Waals surface area contributed by atoms with Gasteiger partial charge in [-0.25, -0.2) is 8.42 Å². The number of halogens is 1. The summed E-state index contributed by atoms with van der Waals surface area (Å²) in [4.78, 5) is 10.3. The van der Waals surface area contributed by atoms with Crippen molar-refractivity contribution in [1.29, 1.82) is 0 Å². The van der Waals surface area contributed by atoms with Crippen LogP contribution in [0.5, 0.6) is 0 Å². The molecule has 2 aromatic carbocycles.